The molecule has 0 fully saturated rings. The van der Waals surface area contributed by atoms with Crippen LogP contribution in [0.3, 0.4) is 0 Å². The largest absolute Gasteiger partial charge is 0.457 e. The van der Waals surface area contributed by atoms with Crippen molar-refractivity contribution < 1.29 is 23.0 Å². The van der Waals surface area contributed by atoms with E-state index in [0.29, 0.717) is 33.8 Å². The van der Waals surface area contributed by atoms with E-state index >= 15 is 0 Å². The van der Waals surface area contributed by atoms with E-state index in [1.807, 2.05) is 105 Å². The van der Waals surface area contributed by atoms with Crippen LogP contribution in [0.1, 0.15) is 72.1 Å². The van der Waals surface area contributed by atoms with Gasteiger partial charge in [-0.05, 0) is 108 Å². The number of rotatable bonds is 7. The van der Waals surface area contributed by atoms with E-state index in [1.54, 1.807) is 23.0 Å². The molecule has 1 aliphatic heterocycles. The van der Waals surface area contributed by atoms with Gasteiger partial charge in [0.1, 0.15) is 28.7 Å². The van der Waals surface area contributed by atoms with Gasteiger partial charge in [0, 0.05) is 46.1 Å². The molecule has 0 bridgehead atoms. The summed E-state index contributed by atoms with van der Waals surface area (Å²) in [5.74, 6) is 1.89. The van der Waals surface area contributed by atoms with Crippen molar-refractivity contribution in [1.29, 1.82) is 0 Å². The first-order chi connectivity index (χ1) is 34.5. The molecule has 4 heterocycles. The highest BCUT2D eigenvalue weighted by Crippen LogP contribution is 2.44. The molecular weight excluding hydrogens is 771 g/mol. The molecule has 0 spiro atoms. The van der Waals surface area contributed by atoms with Crippen molar-refractivity contribution in [3.63, 3.8) is 0 Å². The number of benzene rings is 6. The van der Waals surface area contributed by atoms with Crippen molar-refractivity contribution in [3.05, 3.63) is 187 Å². The normalized spacial score (nSPS) is 14.9. The molecule has 0 saturated heterocycles. The Balaban J connectivity index is 1.17. The zero-order valence-corrected chi connectivity index (χ0v) is 36.6. The number of nitrogens with zero attached hydrogens (tertiary/aromatic N) is 6. The van der Waals surface area contributed by atoms with Gasteiger partial charge in [0.2, 0.25) is 0 Å². The van der Waals surface area contributed by atoms with E-state index in [9.17, 15) is 5.48 Å². The van der Waals surface area contributed by atoms with Crippen LogP contribution in [0.4, 0.5) is 11.5 Å². The summed E-state index contributed by atoms with van der Waals surface area (Å²) in [6.07, 6.45) is 3.61. The maximum atomic E-state index is 9.24. The second kappa shape index (κ2) is 15.3. The van der Waals surface area contributed by atoms with Crippen LogP contribution in [-0.2, 0) is 10.8 Å². The molecular formula is C55H52BN6O+. The molecule has 310 valence electrons. The summed E-state index contributed by atoms with van der Waals surface area (Å²) in [5, 5.41) is 5.10. The zero-order valence-electron chi connectivity index (χ0n) is 46.6. The third-order valence-electron chi connectivity index (χ3n) is 11.6. The molecule has 0 radical (unpaired) electrons. The Hall–Kier alpha value is -7.19. The van der Waals surface area contributed by atoms with Crippen LogP contribution < -0.4 is 14.1 Å². The van der Waals surface area contributed by atoms with Gasteiger partial charge < -0.3 is 9.55 Å². The van der Waals surface area contributed by atoms with Gasteiger partial charge in [-0.2, -0.15) is 14.2 Å². The van der Waals surface area contributed by atoms with Crippen molar-refractivity contribution in [2.24, 2.45) is 0 Å². The maximum absolute atomic E-state index is 9.24. The second-order valence-electron chi connectivity index (χ2n) is 18.1. The van der Waals surface area contributed by atoms with E-state index in [2.05, 4.69) is 55.2 Å². The monoisotopic (exact) mass is 833 g/mol. The van der Waals surface area contributed by atoms with Gasteiger partial charge in [0.05, 0.1) is 25.1 Å². The summed E-state index contributed by atoms with van der Waals surface area (Å²) < 4.78 is 101. The molecule has 0 saturated carbocycles. The lowest BCUT2D eigenvalue weighted by Gasteiger charge is -2.35. The number of fused-ring (bicyclic) bond motifs is 4. The molecule has 63 heavy (non-hydrogen) atoms. The minimum absolute atomic E-state index is 0.101. The topological polar surface area (TPSA) is 52.0 Å². The second-order valence-corrected chi connectivity index (χ2v) is 18.1. The first-order valence-electron chi connectivity index (χ1n) is 26.1. The van der Waals surface area contributed by atoms with E-state index in [4.69, 9.17) is 23.0 Å². The standard InChI is InChI=1S/C55H52BN6O/c1-37-28-29-57-52(30-37)61-49-34-43(26-27-44(49)50-35-51(55(5,6)7)58-62(50)56(61)8)63-42-23-17-22-41(33-42)59-36-60(48-25-16-15-24-47(48)59)53-45(38-18-11-9-12-19-38)31-40(54(2,3)4)32-46(53)39-20-13-10-14-21-39/h9-36H,1-8H3/q+1/i9D,10D,11D,12D,13D,14D,18D,19D,20D,21D. The fourth-order valence-corrected chi connectivity index (χ4v) is 8.32. The number of aromatic nitrogens is 5. The number of hydrogen-bond donors (Lipinski definition) is 0. The Bertz CT molecular complexity index is 3620. The van der Waals surface area contributed by atoms with Crippen LogP contribution >= 0.6 is 0 Å². The number of imidazole rings is 1. The third-order valence-corrected chi connectivity index (χ3v) is 11.6. The van der Waals surface area contributed by atoms with Crippen LogP contribution in [-0.4, -0.2) is 26.2 Å². The molecule has 0 amide bonds. The number of anilines is 2. The average Bonchev–Trinajstić information content (AvgIpc) is 3.98. The van der Waals surface area contributed by atoms with Crippen LogP contribution in [0.5, 0.6) is 11.5 Å². The lowest BCUT2D eigenvalue weighted by Crippen LogP contribution is -2.44. The highest BCUT2D eigenvalue weighted by atomic mass is 16.5. The van der Waals surface area contributed by atoms with Crippen LogP contribution in [0.15, 0.2) is 170 Å². The van der Waals surface area contributed by atoms with E-state index < -0.39 is 65.8 Å². The van der Waals surface area contributed by atoms with Crippen LogP contribution in [0.25, 0.3) is 55.9 Å². The Morgan fingerprint density at radius 1 is 0.683 bits per heavy atom. The number of ether oxygens (including phenoxy) is 1. The van der Waals surface area contributed by atoms with Crippen molar-refractivity contribution in [2.45, 2.75) is 66.1 Å². The summed E-state index contributed by atoms with van der Waals surface area (Å²) in [4.78, 5) is 6.98. The molecule has 8 heteroatoms. The van der Waals surface area contributed by atoms with Crippen molar-refractivity contribution in [3.8, 4) is 56.4 Å². The molecule has 6 aromatic carbocycles. The van der Waals surface area contributed by atoms with Gasteiger partial charge in [-0.25, -0.2) is 4.98 Å². The molecule has 0 N–H and O–H groups in total. The molecule has 0 aliphatic carbocycles. The molecule has 9 aromatic rings. The molecule has 7 nitrogen and oxygen atoms in total. The van der Waals surface area contributed by atoms with Crippen LogP contribution in [0, 0.1) is 6.92 Å². The highest BCUT2D eigenvalue weighted by Gasteiger charge is 2.37. The predicted molar refractivity (Wildman–Crippen MR) is 259 cm³/mol. The SMILES string of the molecule is [2H]c1c([2H])c([2H])c(-c2cc(C(C)(C)C)cc(-c3c([2H])c([2H])c([2H])c([2H])c3[2H])c2-[n+]2cn(-c3cccc(Oc4ccc5c(c4)N(c4cc(C)ccn4)B(C)n4nc(C(C)(C)C)cc4-5)c3)c3ccccc32)c([2H])c1[2H]. The fourth-order valence-electron chi connectivity index (χ4n) is 8.32. The quantitative estimate of drug-likeness (QED) is 0.119. The summed E-state index contributed by atoms with van der Waals surface area (Å²) in [5.41, 5.74) is 7.26. The number of pyridine rings is 1. The number of hydrogen-bond acceptors (Lipinski definition) is 4. The van der Waals surface area contributed by atoms with Crippen molar-refractivity contribution >= 4 is 29.5 Å². The van der Waals surface area contributed by atoms with Gasteiger partial charge in [0.25, 0.3) is 6.33 Å². The van der Waals surface area contributed by atoms with Crippen molar-refractivity contribution in [2.75, 3.05) is 4.81 Å². The molecule has 3 aromatic heterocycles. The van der Waals surface area contributed by atoms with E-state index in [1.165, 1.54) is 0 Å². The number of para-hydroxylation sites is 2. The molecule has 0 atom stereocenters. The molecule has 0 unspecified atom stereocenters. The van der Waals surface area contributed by atoms with Gasteiger partial charge in [-0.3, -0.25) is 4.59 Å². The minimum Gasteiger partial charge on any atom is -0.457 e. The molecule has 1 aliphatic rings. The summed E-state index contributed by atoms with van der Waals surface area (Å²) in [6.45, 7) is 16.3. The Kier molecular flexibility index (Phi) is 7.28. The van der Waals surface area contributed by atoms with Crippen LogP contribution in [0.2, 0.25) is 6.82 Å². The van der Waals surface area contributed by atoms with Gasteiger partial charge in [-0.1, -0.05) is 120 Å². The summed E-state index contributed by atoms with van der Waals surface area (Å²) in [6, 6.07) is 25.8. The van der Waals surface area contributed by atoms with E-state index in [-0.39, 0.29) is 40.3 Å². The first-order valence-corrected chi connectivity index (χ1v) is 21.1. The Labute approximate surface area is 385 Å². The average molecular weight is 834 g/mol. The van der Waals surface area contributed by atoms with Gasteiger partial charge in [-0.15, -0.1) is 0 Å². The van der Waals surface area contributed by atoms with Gasteiger partial charge >= 0.3 is 6.98 Å². The number of aryl methyl sites for hydroxylation is 1. The lowest BCUT2D eigenvalue weighted by molar-refractivity contribution is -0.566. The Morgan fingerprint density at radius 3 is 2.03 bits per heavy atom. The lowest BCUT2D eigenvalue weighted by atomic mass is 9.73. The Morgan fingerprint density at radius 2 is 1.37 bits per heavy atom. The maximum Gasteiger partial charge on any atom is 0.401 e. The molecule has 10 rings (SSSR count). The third kappa shape index (κ3) is 7.29. The van der Waals surface area contributed by atoms with E-state index in [0.717, 1.165) is 34.0 Å². The summed E-state index contributed by atoms with van der Waals surface area (Å²) in [7, 11) is 0. The minimum atomic E-state index is -0.619. The predicted octanol–water partition coefficient (Wildman–Crippen LogP) is 13.3. The summed E-state index contributed by atoms with van der Waals surface area (Å²) >= 11 is 0. The van der Waals surface area contributed by atoms with Gasteiger partial charge in [0.15, 0.2) is 11.0 Å². The highest BCUT2D eigenvalue weighted by molar-refractivity contribution is 6.63. The smallest absolute Gasteiger partial charge is 0.401 e. The zero-order chi connectivity index (χ0) is 52.3. The van der Waals surface area contributed by atoms with Crippen molar-refractivity contribution in [1.82, 2.24) is 19.2 Å². The fraction of sp³-hybridized carbons (Fsp3) is 0.182. The first kappa shape index (κ1) is 30.0.